The van der Waals surface area contributed by atoms with Gasteiger partial charge in [-0.15, -0.1) is 0 Å². The number of nitrogens with one attached hydrogen (secondary N) is 2. The zero-order valence-electron chi connectivity index (χ0n) is 11.3. The molecular formula is C14H20N4O. The number of hydrogen-bond acceptors (Lipinski definition) is 3. The number of nitrogens with zero attached hydrogens (tertiary/aromatic N) is 2. The largest absolute Gasteiger partial charge is 0.316 e. The normalized spacial score (nSPS) is 19.9. The first-order valence-electron chi connectivity index (χ1n) is 7.07. The van der Waals surface area contributed by atoms with E-state index in [9.17, 15) is 4.79 Å². The van der Waals surface area contributed by atoms with Crippen LogP contribution in [0.25, 0.3) is 5.65 Å². The Hall–Kier alpha value is -1.62. The van der Waals surface area contributed by atoms with Crippen LogP contribution in [0.5, 0.6) is 0 Å². The van der Waals surface area contributed by atoms with E-state index < -0.39 is 0 Å². The Bertz CT molecular complexity index is 622. The number of piperidine rings is 1. The Morgan fingerprint density at radius 2 is 2.42 bits per heavy atom. The van der Waals surface area contributed by atoms with Crippen molar-refractivity contribution in [3.63, 3.8) is 0 Å². The number of aromatic amines is 1. The van der Waals surface area contributed by atoms with Crippen LogP contribution in [0.3, 0.4) is 0 Å². The van der Waals surface area contributed by atoms with Crippen molar-refractivity contribution in [2.24, 2.45) is 5.92 Å². The molecule has 0 radical (unpaired) electrons. The van der Waals surface area contributed by atoms with E-state index >= 15 is 0 Å². The second-order valence-corrected chi connectivity index (χ2v) is 5.31. The molecule has 0 spiro atoms. The van der Waals surface area contributed by atoms with E-state index in [-0.39, 0.29) is 5.56 Å². The number of hydrogen-bond donors (Lipinski definition) is 2. The van der Waals surface area contributed by atoms with Crippen molar-refractivity contribution in [1.82, 2.24) is 19.9 Å². The molecule has 0 saturated carbocycles. The molecule has 2 aromatic rings. The standard InChI is InChI=1S/C14H20N4O/c1-2-11-9-16-18-13(19)7-12(17-14(11)18)6-10-4-3-5-15-8-10/h7,9-10,15-16H,2-6,8H2,1H3. The zero-order chi connectivity index (χ0) is 13.2. The van der Waals surface area contributed by atoms with E-state index in [1.54, 1.807) is 6.07 Å². The third kappa shape index (κ3) is 2.42. The summed E-state index contributed by atoms with van der Waals surface area (Å²) in [6.07, 6.45) is 6.09. The zero-order valence-corrected chi connectivity index (χ0v) is 11.3. The molecule has 1 aliphatic heterocycles. The minimum atomic E-state index is -0.0107. The topological polar surface area (TPSA) is 62.2 Å². The fourth-order valence-corrected chi connectivity index (χ4v) is 2.84. The van der Waals surface area contributed by atoms with Crippen molar-refractivity contribution in [2.45, 2.75) is 32.6 Å². The Balaban J connectivity index is 1.92. The average molecular weight is 260 g/mol. The number of fused-ring (bicyclic) bond motifs is 1. The van der Waals surface area contributed by atoms with Gasteiger partial charge in [0.2, 0.25) is 0 Å². The smallest absolute Gasteiger partial charge is 0.272 e. The molecular weight excluding hydrogens is 240 g/mol. The number of aromatic nitrogens is 3. The minimum Gasteiger partial charge on any atom is -0.316 e. The lowest BCUT2D eigenvalue weighted by molar-refractivity contribution is 0.373. The fourth-order valence-electron chi connectivity index (χ4n) is 2.84. The van der Waals surface area contributed by atoms with Gasteiger partial charge < -0.3 is 5.32 Å². The van der Waals surface area contributed by atoms with E-state index in [0.717, 1.165) is 42.8 Å². The molecule has 0 aromatic carbocycles. The molecule has 3 rings (SSSR count). The highest BCUT2D eigenvalue weighted by Crippen LogP contribution is 2.15. The first-order valence-corrected chi connectivity index (χ1v) is 7.07. The SMILES string of the molecule is CCc1c[nH]n2c(=O)cc(CC3CCCNC3)nc12. The highest BCUT2D eigenvalue weighted by molar-refractivity contribution is 5.46. The van der Waals surface area contributed by atoms with Crippen LogP contribution in [0.15, 0.2) is 17.1 Å². The van der Waals surface area contributed by atoms with E-state index in [1.165, 1.54) is 17.4 Å². The van der Waals surface area contributed by atoms with Gasteiger partial charge in [0.25, 0.3) is 5.56 Å². The lowest BCUT2D eigenvalue weighted by atomic mass is 9.94. The highest BCUT2D eigenvalue weighted by atomic mass is 16.1. The lowest BCUT2D eigenvalue weighted by Gasteiger charge is -2.22. The molecule has 0 bridgehead atoms. The Labute approximate surface area is 112 Å². The van der Waals surface area contributed by atoms with Crippen LogP contribution in [0.1, 0.15) is 31.0 Å². The molecule has 19 heavy (non-hydrogen) atoms. The summed E-state index contributed by atoms with van der Waals surface area (Å²) < 4.78 is 1.53. The summed E-state index contributed by atoms with van der Waals surface area (Å²) >= 11 is 0. The average Bonchev–Trinajstić information content (AvgIpc) is 2.83. The van der Waals surface area contributed by atoms with Crippen molar-refractivity contribution in [3.05, 3.63) is 33.9 Å². The Kier molecular flexibility index (Phi) is 3.38. The van der Waals surface area contributed by atoms with Crippen LogP contribution >= 0.6 is 0 Å². The molecule has 3 heterocycles. The van der Waals surface area contributed by atoms with Crippen LogP contribution in [-0.4, -0.2) is 27.7 Å². The van der Waals surface area contributed by atoms with Crippen molar-refractivity contribution < 1.29 is 0 Å². The van der Waals surface area contributed by atoms with Crippen LogP contribution in [0.4, 0.5) is 0 Å². The van der Waals surface area contributed by atoms with Crippen LogP contribution < -0.4 is 10.9 Å². The molecule has 1 atom stereocenters. The van der Waals surface area contributed by atoms with Crippen molar-refractivity contribution in [3.8, 4) is 0 Å². The maximum atomic E-state index is 12.0. The molecule has 2 aromatic heterocycles. The predicted octanol–water partition coefficient (Wildman–Crippen LogP) is 1.13. The molecule has 2 N–H and O–H groups in total. The van der Waals surface area contributed by atoms with Gasteiger partial charge in [-0.2, -0.15) is 0 Å². The second-order valence-electron chi connectivity index (χ2n) is 5.31. The fraction of sp³-hybridized carbons (Fsp3) is 0.571. The predicted molar refractivity (Wildman–Crippen MR) is 74.5 cm³/mol. The number of rotatable bonds is 3. The summed E-state index contributed by atoms with van der Waals surface area (Å²) in [5, 5.41) is 6.37. The van der Waals surface area contributed by atoms with Gasteiger partial charge in [0.05, 0.1) is 0 Å². The molecule has 0 amide bonds. The summed E-state index contributed by atoms with van der Waals surface area (Å²) in [6, 6.07) is 1.66. The van der Waals surface area contributed by atoms with Gasteiger partial charge in [-0.25, -0.2) is 9.50 Å². The van der Waals surface area contributed by atoms with E-state index in [4.69, 9.17) is 0 Å². The van der Waals surface area contributed by atoms with E-state index in [2.05, 4.69) is 22.3 Å². The summed E-state index contributed by atoms with van der Waals surface area (Å²) in [7, 11) is 0. The van der Waals surface area contributed by atoms with Crippen molar-refractivity contribution in [2.75, 3.05) is 13.1 Å². The van der Waals surface area contributed by atoms with E-state index in [1.807, 2.05) is 6.20 Å². The molecule has 102 valence electrons. The summed E-state index contributed by atoms with van der Waals surface area (Å²) in [4.78, 5) is 16.7. The maximum Gasteiger partial charge on any atom is 0.272 e. The Morgan fingerprint density at radius 1 is 1.53 bits per heavy atom. The first-order chi connectivity index (χ1) is 9.28. The number of aryl methyl sites for hydroxylation is 1. The van der Waals surface area contributed by atoms with Gasteiger partial charge in [-0.05, 0) is 44.7 Å². The minimum absolute atomic E-state index is 0.0107. The van der Waals surface area contributed by atoms with Gasteiger partial charge >= 0.3 is 0 Å². The van der Waals surface area contributed by atoms with Gasteiger partial charge in [-0.1, -0.05) is 6.92 Å². The van der Waals surface area contributed by atoms with Gasteiger partial charge in [-0.3, -0.25) is 9.89 Å². The van der Waals surface area contributed by atoms with Gasteiger partial charge in [0, 0.05) is 23.5 Å². The third-order valence-electron chi connectivity index (χ3n) is 3.90. The van der Waals surface area contributed by atoms with Crippen LogP contribution in [-0.2, 0) is 12.8 Å². The third-order valence-corrected chi connectivity index (χ3v) is 3.90. The quantitative estimate of drug-likeness (QED) is 0.869. The van der Waals surface area contributed by atoms with Gasteiger partial charge in [0.15, 0.2) is 5.65 Å². The monoisotopic (exact) mass is 260 g/mol. The summed E-state index contributed by atoms with van der Waals surface area (Å²) in [5.74, 6) is 0.604. The molecule has 1 aliphatic rings. The van der Waals surface area contributed by atoms with Gasteiger partial charge in [0.1, 0.15) is 0 Å². The number of H-pyrrole nitrogens is 1. The molecule has 1 unspecified atom stereocenters. The second kappa shape index (κ2) is 5.17. The first kappa shape index (κ1) is 12.4. The summed E-state index contributed by atoms with van der Waals surface area (Å²) in [6.45, 7) is 4.23. The van der Waals surface area contributed by atoms with Crippen LogP contribution in [0, 0.1) is 5.92 Å². The summed E-state index contributed by atoms with van der Waals surface area (Å²) in [5.41, 5.74) is 2.80. The van der Waals surface area contributed by atoms with Crippen LogP contribution in [0.2, 0.25) is 0 Å². The molecule has 5 nitrogen and oxygen atoms in total. The molecule has 0 aliphatic carbocycles. The molecule has 5 heteroatoms. The highest BCUT2D eigenvalue weighted by Gasteiger charge is 2.16. The maximum absolute atomic E-state index is 12.0. The van der Waals surface area contributed by atoms with Crippen molar-refractivity contribution >= 4 is 5.65 Å². The Morgan fingerprint density at radius 3 is 3.16 bits per heavy atom. The van der Waals surface area contributed by atoms with E-state index in [0.29, 0.717) is 5.92 Å². The molecule has 1 fully saturated rings. The lowest BCUT2D eigenvalue weighted by Crippen LogP contribution is -2.31. The van der Waals surface area contributed by atoms with Crippen molar-refractivity contribution in [1.29, 1.82) is 0 Å². The molecule has 1 saturated heterocycles.